The minimum Gasteiger partial charge on any atom is -0.480 e. The van der Waals surface area contributed by atoms with Gasteiger partial charge in [-0.05, 0) is 24.5 Å². The normalized spacial score (nSPS) is 18.3. The Morgan fingerprint density at radius 1 is 1.33 bits per heavy atom. The topological polar surface area (TPSA) is 69.6 Å². The number of carboxylic acid groups (broad SMARTS) is 1. The Morgan fingerprint density at radius 2 is 2.06 bits per heavy atom. The molecule has 0 bridgehead atoms. The third-order valence-electron chi connectivity index (χ3n) is 2.81. The molecule has 104 valence electrons. The highest BCUT2D eigenvalue weighted by Gasteiger charge is 2.24. The average Bonchev–Trinajstić information content (AvgIpc) is 2.55. The molecule has 1 heterocycles. The molecule has 2 amide bonds. The van der Waals surface area contributed by atoms with Crippen LogP contribution in [0.25, 0.3) is 0 Å². The molecular formula is C12H22N2O3S. The third kappa shape index (κ3) is 5.16. The zero-order chi connectivity index (χ0) is 13.5. The molecule has 0 spiro atoms. The molecule has 0 aromatic rings. The lowest BCUT2D eigenvalue weighted by Crippen LogP contribution is -2.49. The van der Waals surface area contributed by atoms with Gasteiger partial charge in [-0.2, -0.15) is 11.8 Å². The molecule has 1 aliphatic rings. The smallest absolute Gasteiger partial charge is 0.326 e. The fourth-order valence-electron chi connectivity index (χ4n) is 1.88. The van der Waals surface area contributed by atoms with Gasteiger partial charge >= 0.3 is 12.0 Å². The van der Waals surface area contributed by atoms with Crippen molar-refractivity contribution in [2.75, 3.05) is 24.6 Å². The van der Waals surface area contributed by atoms with E-state index in [-0.39, 0.29) is 11.9 Å². The second kappa shape index (κ2) is 7.51. The Morgan fingerprint density at radius 3 is 2.67 bits per heavy atom. The van der Waals surface area contributed by atoms with Crippen LogP contribution in [0.5, 0.6) is 0 Å². The molecule has 1 fully saturated rings. The molecule has 5 nitrogen and oxygen atoms in total. The third-order valence-corrected chi connectivity index (χ3v) is 3.86. The number of amides is 2. The van der Waals surface area contributed by atoms with Crippen LogP contribution >= 0.6 is 11.8 Å². The summed E-state index contributed by atoms with van der Waals surface area (Å²) in [5, 5.41) is 11.7. The van der Waals surface area contributed by atoms with Crippen molar-refractivity contribution in [1.29, 1.82) is 0 Å². The van der Waals surface area contributed by atoms with Gasteiger partial charge in [-0.15, -0.1) is 0 Å². The van der Waals surface area contributed by atoms with Crippen LogP contribution in [0.1, 0.15) is 26.7 Å². The molecule has 0 unspecified atom stereocenters. The number of thioether (sulfide) groups is 1. The summed E-state index contributed by atoms with van der Waals surface area (Å²) in [4.78, 5) is 24.8. The highest BCUT2D eigenvalue weighted by atomic mass is 32.2. The van der Waals surface area contributed by atoms with Crippen LogP contribution in [0.2, 0.25) is 0 Å². The maximum Gasteiger partial charge on any atom is 0.326 e. The zero-order valence-electron chi connectivity index (χ0n) is 11.0. The Balaban J connectivity index is 2.51. The van der Waals surface area contributed by atoms with Crippen LogP contribution in [-0.4, -0.2) is 52.6 Å². The summed E-state index contributed by atoms with van der Waals surface area (Å²) >= 11 is 1.83. The second-order valence-electron chi connectivity index (χ2n) is 4.92. The van der Waals surface area contributed by atoms with Crippen LogP contribution in [0.4, 0.5) is 4.79 Å². The fraction of sp³-hybridized carbons (Fsp3) is 0.833. The number of hydrogen-bond acceptors (Lipinski definition) is 3. The highest BCUT2D eigenvalue weighted by molar-refractivity contribution is 7.99. The van der Waals surface area contributed by atoms with E-state index in [1.807, 2.05) is 25.6 Å². The zero-order valence-corrected chi connectivity index (χ0v) is 11.8. The van der Waals surface area contributed by atoms with Crippen molar-refractivity contribution < 1.29 is 14.7 Å². The van der Waals surface area contributed by atoms with Crippen LogP contribution in [0.3, 0.4) is 0 Å². The van der Waals surface area contributed by atoms with Crippen LogP contribution in [-0.2, 0) is 4.79 Å². The summed E-state index contributed by atoms with van der Waals surface area (Å²) < 4.78 is 0. The molecule has 0 aromatic carbocycles. The van der Waals surface area contributed by atoms with Gasteiger partial charge < -0.3 is 15.3 Å². The number of urea groups is 1. The molecule has 1 atom stereocenters. The minimum atomic E-state index is -0.957. The first-order valence-electron chi connectivity index (χ1n) is 6.36. The number of nitrogens with zero attached hydrogens (tertiary/aromatic N) is 1. The molecule has 0 radical (unpaired) electrons. The first-order chi connectivity index (χ1) is 8.50. The highest BCUT2D eigenvalue weighted by Crippen LogP contribution is 2.11. The van der Waals surface area contributed by atoms with Gasteiger partial charge in [-0.3, -0.25) is 0 Å². The Bertz CT molecular complexity index is 289. The van der Waals surface area contributed by atoms with Gasteiger partial charge in [0.15, 0.2) is 0 Å². The monoisotopic (exact) mass is 274 g/mol. The predicted molar refractivity (Wildman–Crippen MR) is 72.9 cm³/mol. The number of carboxylic acids is 1. The Kier molecular flexibility index (Phi) is 6.32. The Labute approximate surface area is 112 Å². The lowest BCUT2D eigenvalue weighted by atomic mass is 10.0. The van der Waals surface area contributed by atoms with Crippen molar-refractivity contribution in [2.45, 2.75) is 32.7 Å². The number of carbonyl (C=O) groups excluding carboxylic acids is 1. The SMILES string of the molecule is CC(C)C[C@H](NC(=O)N1CCCSCC1)C(=O)O. The molecule has 0 aliphatic carbocycles. The second-order valence-corrected chi connectivity index (χ2v) is 6.15. The molecule has 1 aliphatic heterocycles. The summed E-state index contributed by atoms with van der Waals surface area (Å²) in [7, 11) is 0. The van der Waals surface area contributed by atoms with E-state index in [2.05, 4.69) is 5.32 Å². The molecule has 0 saturated carbocycles. The van der Waals surface area contributed by atoms with Gasteiger partial charge in [0.2, 0.25) is 0 Å². The molecular weight excluding hydrogens is 252 g/mol. The van der Waals surface area contributed by atoms with Gasteiger partial charge in [-0.25, -0.2) is 9.59 Å². The fourth-order valence-corrected chi connectivity index (χ4v) is 2.77. The van der Waals surface area contributed by atoms with E-state index in [1.54, 1.807) is 4.90 Å². The first-order valence-corrected chi connectivity index (χ1v) is 7.52. The van der Waals surface area contributed by atoms with E-state index < -0.39 is 12.0 Å². The van der Waals surface area contributed by atoms with Crippen molar-refractivity contribution in [3.8, 4) is 0 Å². The number of rotatable bonds is 4. The van der Waals surface area contributed by atoms with Crippen molar-refractivity contribution in [3.05, 3.63) is 0 Å². The van der Waals surface area contributed by atoms with E-state index >= 15 is 0 Å². The number of carbonyl (C=O) groups is 2. The molecule has 6 heteroatoms. The van der Waals surface area contributed by atoms with Gasteiger partial charge in [0.1, 0.15) is 6.04 Å². The number of nitrogens with one attached hydrogen (secondary N) is 1. The average molecular weight is 274 g/mol. The van der Waals surface area contributed by atoms with E-state index in [0.717, 1.165) is 17.9 Å². The lowest BCUT2D eigenvalue weighted by Gasteiger charge is -2.24. The largest absolute Gasteiger partial charge is 0.480 e. The van der Waals surface area contributed by atoms with Crippen LogP contribution in [0.15, 0.2) is 0 Å². The van der Waals surface area contributed by atoms with Crippen LogP contribution in [0, 0.1) is 5.92 Å². The minimum absolute atomic E-state index is 0.242. The molecule has 1 rings (SSSR count). The molecule has 18 heavy (non-hydrogen) atoms. The molecule has 0 aromatic heterocycles. The van der Waals surface area contributed by atoms with Crippen molar-refractivity contribution in [1.82, 2.24) is 10.2 Å². The van der Waals surface area contributed by atoms with Gasteiger partial charge in [0.25, 0.3) is 0 Å². The van der Waals surface area contributed by atoms with Crippen molar-refractivity contribution in [2.24, 2.45) is 5.92 Å². The van der Waals surface area contributed by atoms with Crippen molar-refractivity contribution in [3.63, 3.8) is 0 Å². The number of aliphatic carboxylic acids is 1. The summed E-state index contributed by atoms with van der Waals surface area (Å²) in [6, 6.07) is -1.03. The Hall–Kier alpha value is -0.910. The van der Waals surface area contributed by atoms with Gasteiger partial charge in [0.05, 0.1) is 0 Å². The van der Waals surface area contributed by atoms with Crippen LogP contribution < -0.4 is 5.32 Å². The van der Waals surface area contributed by atoms with Gasteiger partial charge in [-0.1, -0.05) is 13.8 Å². The quantitative estimate of drug-likeness (QED) is 0.817. The maximum atomic E-state index is 12.0. The number of hydrogen-bond donors (Lipinski definition) is 2. The van der Waals surface area contributed by atoms with Crippen molar-refractivity contribution >= 4 is 23.8 Å². The molecule has 2 N–H and O–H groups in total. The molecule has 1 saturated heterocycles. The maximum absolute atomic E-state index is 12.0. The standard InChI is InChI=1S/C12H22N2O3S/c1-9(2)8-10(11(15)16)13-12(17)14-4-3-6-18-7-5-14/h9-10H,3-8H2,1-2H3,(H,13,17)(H,15,16)/t10-/m0/s1. The lowest BCUT2D eigenvalue weighted by molar-refractivity contribution is -0.139. The summed E-state index contributed by atoms with van der Waals surface area (Å²) in [6.45, 7) is 5.31. The van der Waals surface area contributed by atoms with E-state index in [4.69, 9.17) is 5.11 Å². The van der Waals surface area contributed by atoms with E-state index in [1.165, 1.54) is 0 Å². The van der Waals surface area contributed by atoms with E-state index in [0.29, 0.717) is 19.5 Å². The summed E-state index contributed by atoms with van der Waals surface area (Å²) in [5.41, 5.74) is 0. The van der Waals surface area contributed by atoms with E-state index in [9.17, 15) is 9.59 Å². The predicted octanol–water partition coefficient (Wildman–Crippen LogP) is 1.63. The summed E-state index contributed by atoms with van der Waals surface area (Å²) in [5.74, 6) is 1.28. The first kappa shape index (κ1) is 15.1. The summed E-state index contributed by atoms with van der Waals surface area (Å²) in [6.07, 6.45) is 1.43. The van der Waals surface area contributed by atoms with Gasteiger partial charge in [0, 0.05) is 18.8 Å².